The van der Waals surface area contributed by atoms with E-state index in [4.69, 9.17) is 0 Å². The lowest BCUT2D eigenvalue weighted by Gasteiger charge is -2.23. The van der Waals surface area contributed by atoms with Gasteiger partial charge in [0.05, 0.1) is 0 Å². The van der Waals surface area contributed by atoms with Crippen molar-refractivity contribution >= 4 is 5.82 Å². The van der Waals surface area contributed by atoms with Gasteiger partial charge in [0.1, 0.15) is 5.82 Å². The molecule has 1 aromatic heterocycles. The minimum absolute atomic E-state index is 0.389. The van der Waals surface area contributed by atoms with E-state index < -0.39 is 0 Å². The van der Waals surface area contributed by atoms with Crippen LogP contribution in [0.4, 0.5) is 5.82 Å². The van der Waals surface area contributed by atoms with Crippen molar-refractivity contribution < 1.29 is 0 Å². The van der Waals surface area contributed by atoms with Crippen LogP contribution in [-0.4, -0.2) is 24.6 Å². The van der Waals surface area contributed by atoms with Crippen molar-refractivity contribution in [2.45, 2.75) is 38.8 Å². The molecule has 2 unspecified atom stereocenters. The highest BCUT2D eigenvalue weighted by molar-refractivity contribution is 5.43. The molecule has 1 fully saturated rings. The molecule has 0 aromatic carbocycles. The zero-order valence-corrected chi connectivity index (χ0v) is 10.4. The minimum atomic E-state index is 0.389. The van der Waals surface area contributed by atoms with Gasteiger partial charge in [0.15, 0.2) is 0 Å². The van der Waals surface area contributed by atoms with Crippen LogP contribution in [0, 0.1) is 0 Å². The van der Waals surface area contributed by atoms with Gasteiger partial charge in [0.2, 0.25) is 0 Å². The molecule has 88 valence electrons. The molecule has 1 aliphatic heterocycles. The predicted molar refractivity (Wildman–Crippen MR) is 67.8 cm³/mol. The molecule has 16 heavy (non-hydrogen) atoms. The Bertz CT molecular complexity index is 351. The average molecular weight is 219 g/mol. The Morgan fingerprint density at radius 3 is 3.00 bits per heavy atom. The summed E-state index contributed by atoms with van der Waals surface area (Å²) in [5.41, 5.74) is 1.31. The summed E-state index contributed by atoms with van der Waals surface area (Å²) < 4.78 is 0. The molecule has 2 heterocycles. The highest BCUT2D eigenvalue weighted by atomic mass is 15.2. The number of nitrogens with one attached hydrogen (secondary N) is 1. The van der Waals surface area contributed by atoms with Crippen molar-refractivity contribution in [2.75, 3.05) is 18.5 Å². The van der Waals surface area contributed by atoms with E-state index in [-0.39, 0.29) is 0 Å². The van der Waals surface area contributed by atoms with Crippen LogP contribution in [0.1, 0.15) is 38.3 Å². The Labute approximate surface area is 97.9 Å². The van der Waals surface area contributed by atoms with Gasteiger partial charge < -0.3 is 10.2 Å². The summed E-state index contributed by atoms with van der Waals surface area (Å²) >= 11 is 0. The second-order valence-corrected chi connectivity index (χ2v) is 4.64. The normalized spacial score (nSPS) is 22.4. The predicted octanol–water partition coefficient (Wildman–Crippen LogP) is 2.35. The molecule has 0 amide bonds. The monoisotopic (exact) mass is 219 g/mol. The Hall–Kier alpha value is -1.09. The van der Waals surface area contributed by atoms with Crippen molar-refractivity contribution in [1.82, 2.24) is 10.3 Å². The highest BCUT2D eigenvalue weighted by Gasteiger charge is 2.21. The van der Waals surface area contributed by atoms with Gasteiger partial charge in [-0.1, -0.05) is 0 Å². The first kappa shape index (κ1) is 11.4. The fourth-order valence-corrected chi connectivity index (χ4v) is 2.30. The van der Waals surface area contributed by atoms with Crippen LogP contribution >= 0.6 is 0 Å². The Morgan fingerprint density at radius 2 is 2.38 bits per heavy atom. The molecule has 2 rings (SSSR count). The third kappa shape index (κ3) is 2.19. The largest absolute Gasteiger partial charge is 0.354 e. The van der Waals surface area contributed by atoms with E-state index in [2.05, 4.69) is 41.2 Å². The van der Waals surface area contributed by atoms with Gasteiger partial charge in [-0.05, 0) is 51.4 Å². The second-order valence-electron chi connectivity index (χ2n) is 4.64. The van der Waals surface area contributed by atoms with Gasteiger partial charge in [0, 0.05) is 24.8 Å². The molecular weight excluding hydrogens is 198 g/mol. The molecule has 2 atom stereocenters. The smallest absolute Gasteiger partial charge is 0.129 e. The van der Waals surface area contributed by atoms with Gasteiger partial charge in [0.25, 0.3) is 0 Å². The van der Waals surface area contributed by atoms with Crippen molar-refractivity contribution in [2.24, 2.45) is 0 Å². The number of aromatic nitrogens is 1. The molecule has 0 bridgehead atoms. The Morgan fingerprint density at radius 1 is 1.56 bits per heavy atom. The second kappa shape index (κ2) is 4.83. The van der Waals surface area contributed by atoms with E-state index in [0.29, 0.717) is 12.1 Å². The lowest BCUT2D eigenvalue weighted by Crippen LogP contribution is -2.27. The van der Waals surface area contributed by atoms with E-state index >= 15 is 0 Å². The fourth-order valence-electron chi connectivity index (χ4n) is 2.30. The van der Waals surface area contributed by atoms with Crippen molar-refractivity contribution in [3.63, 3.8) is 0 Å². The van der Waals surface area contributed by atoms with Gasteiger partial charge >= 0.3 is 0 Å². The molecular formula is C13H21N3. The summed E-state index contributed by atoms with van der Waals surface area (Å²) in [6.45, 7) is 5.60. The number of hydrogen-bond acceptors (Lipinski definition) is 3. The molecule has 1 aliphatic rings. The Kier molecular flexibility index (Phi) is 3.44. The molecule has 3 nitrogen and oxygen atoms in total. The van der Waals surface area contributed by atoms with Crippen molar-refractivity contribution in [3.8, 4) is 0 Å². The van der Waals surface area contributed by atoms with Crippen LogP contribution in [0.3, 0.4) is 0 Å². The number of anilines is 1. The lowest BCUT2D eigenvalue weighted by atomic mass is 10.1. The van der Waals surface area contributed by atoms with Crippen LogP contribution in [0.5, 0.6) is 0 Å². The fraction of sp³-hybridized carbons (Fsp3) is 0.615. The Balaban J connectivity index is 2.21. The topological polar surface area (TPSA) is 28.2 Å². The first-order valence-electron chi connectivity index (χ1n) is 6.12. The number of rotatable bonds is 3. The van der Waals surface area contributed by atoms with Crippen molar-refractivity contribution in [1.29, 1.82) is 0 Å². The van der Waals surface area contributed by atoms with E-state index in [9.17, 15) is 0 Å². The zero-order chi connectivity index (χ0) is 11.5. The van der Waals surface area contributed by atoms with Crippen LogP contribution in [0.2, 0.25) is 0 Å². The van der Waals surface area contributed by atoms with Gasteiger partial charge in [-0.3, -0.25) is 0 Å². The summed E-state index contributed by atoms with van der Waals surface area (Å²) in [5, 5.41) is 3.26. The molecule has 0 radical (unpaired) electrons. The van der Waals surface area contributed by atoms with Gasteiger partial charge in [-0.15, -0.1) is 0 Å². The molecule has 1 N–H and O–H groups in total. The van der Waals surface area contributed by atoms with Crippen molar-refractivity contribution in [3.05, 3.63) is 23.9 Å². The molecule has 0 saturated carbocycles. The first-order chi connectivity index (χ1) is 7.72. The molecule has 0 aliphatic carbocycles. The maximum atomic E-state index is 4.49. The van der Waals surface area contributed by atoms with Crippen LogP contribution in [-0.2, 0) is 0 Å². The maximum absolute atomic E-state index is 4.49. The minimum Gasteiger partial charge on any atom is -0.354 e. The molecule has 1 aromatic rings. The summed E-state index contributed by atoms with van der Waals surface area (Å²) in [6, 6.07) is 5.32. The number of nitrogens with zero attached hydrogens (tertiary/aromatic N) is 2. The van der Waals surface area contributed by atoms with Crippen LogP contribution in [0.25, 0.3) is 0 Å². The summed E-state index contributed by atoms with van der Waals surface area (Å²) in [5.74, 6) is 1.13. The van der Waals surface area contributed by atoms with Crippen LogP contribution < -0.4 is 10.2 Å². The standard InChI is InChI=1S/C13H21N3/c1-10-5-4-8-16(10)13-9-12(6-7-15-13)11(2)14-3/h6-7,9-11,14H,4-5,8H2,1-3H3. The third-order valence-corrected chi connectivity index (χ3v) is 3.55. The quantitative estimate of drug-likeness (QED) is 0.846. The van der Waals surface area contributed by atoms with E-state index in [1.54, 1.807) is 0 Å². The van der Waals surface area contributed by atoms with E-state index in [0.717, 1.165) is 12.4 Å². The summed E-state index contributed by atoms with van der Waals surface area (Å²) in [7, 11) is 1.99. The first-order valence-corrected chi connectivity index (χ1v) is 6.12. The van der Waals surface area contributed by atoms with Crippen LogP contribution in [0.15, 0.2) is 18.3 Å². The molecule has 1 saturated heterocycles. The third-order valence-electron chi connectivity index (χ3n) is 3.55. The summed E-state index contributed by atoms with van der Waals surface area (Å²) in [6.07, 6.45) is 4.49. The van der Waals surface area contributed by atoms with E-state index in [1.807, 2.05) is 13.2 Å². The summed E-state index contributed by atoms with van der Waals surface area (Å²) in [4.78, 5) is 6.90. The number of hydrogen-bond donors (Lipinski definition) is 1. The van der Waals surface area contributed by atoms with Gasteiger partial charge in [-0.25, -0.2) is 4.98 Å². The zero-order valence-electron chi connectivity index (χ0n) is 10.4. The number of pyridine rings is 1. The molecule has 3 heteroatoms. The lowest BCUT2D eigenvalue weighted by molar-refractivity contribution is 0.649. The molecule has 0 spiro atoms. The maximum Gasteiger partial charge on any atom is 0.129 e. The van der Waals surface area contributed by atoms with E-state index in [1.165, 1.54) is 18.4 Å². The average Bonchev–Trinajstić information content (AvgIpc) is 2.74. The SMILES string of the molecule is CNC(C)c1ccnc(N2CCCC2C)c1. The van der Waals surface area contributed by atoms with Gasteiger partial charge in [-0.2, -0.15) is 0 Å². The highest BCUT2D eigenvalue weighted by Crippen LogP contribution is 2.25.